The molecule has 1 aromatic rings. The maximum absolute atomic E-state index is 11.8. The van der Waals surface area contributed by atoms with Crippen molar-refractivity contribution in [2.45, 2.75) is 13.5 Å². The van der Waals surface area contributed by atoms with Crippen molar-refractivity contribution in [1.82, 2.24) is 9.78 Å². The van der Waals surface area contributed by atoms with E-state index in [-0.39, 0.29) is 6.67 Å². The van der Waals surface area contributed by atoms with Crippen molar-refractivity contribution in [1.29, 1.82) is 0 Å². The summed E-state index contributed by atoms with van der Waals surface area (Å²) in [7, 11) is 0. The van der Waals surface area contributed by atoms with Crippen LogP contribution >= 0.6 is 22.6 Å². The third kappa shape index (κ3) is 1.47. The van der Waals surface area contributed by atoms with E-state index in [4.69, 9.17) is 0 Å². The number of nitrogens with zero attached hydrogens (tertiary/aromatic N) is 2. The second kappa shape index (κ2) is 3.32. The van der Waals surface area contributed by atoms with Gasteiger partial charge < -0.3 is 0 Å². The molecule has 0 radical (unpaired) electrons. The van der Waals surface area contributed by atoms with Crippen LogP contribution in [0.5, 0.6) is 0 Å². The van der Waals surface area contributed by atoms with Crippen LogP contribution in [0, 0.1) is 10.5 Å². The number of aryl methyl sites for hydroxylation is 1. The predicted molar refractivity (Wildman–Crippen MR) is 45.7 cm³/mol. The summed E-state index contributed by atoms with van der Waals surface area (Å²) < 4.78 is 14.6. The molecular formula is C6H8FIN2. The summed E-state index contributed by atoms with van der Waals surface area (Å²) in [6.45, 7) is 1.96. The van der Waals surface area contributed by atoms with Crippen molar-refractivity contribution in [2.75, 3.05) is 6.67 Å². The standard InChI is InChI=1S/C6H8FIN2/c1-5-6(8)4-9-10(5)3-2-7/h4H,2-3H2,1H3. The minimum Gasteiger partial charge on any atom is -0.266 e. The summed E-state index contributed by atoms with van der Waals surface area (Å²) in [5.41, 5.74) is 1.04. The van der Waals surface area contributed by atoms with Crippen molar-refractivity contribution in [3.8, 4) is 0 Å². The fourth-order valence-corrected chi connectivity index (χ4v) is 1.13. The van der Waals surface area contributed by atoms with Crippen molar-refractivity contribution >= 4 is 22.6 Å². The number of aromatic nitrogens is 2. The van der Waals surface area contributed by atoms with Crippen LogP contribution in [0.3, 0.4) is 0 Å². The Morgan fingerprint density at radius 1 is 1.80 bits per heavy atom. The van der Waals surface area contributed by atoms with Crippen LogP contribution < -0.4 is 0 Å². The highest BCUT2D eigenvalue weighted by molar-refractivity contribution is 14.1. The Kier molecular flexibility index (Phi) is 2.64. The molecule has 56 valence electrons. The van der Waals surface area contributed by atoms with E-state index in [2.05, 4.69) is 27.7 Å². The van der Waals surface area contributed by atoms with Crippen LogP contribution in [0.25, 0.3) is 0 Å². The molecule has 0 saturated heterocycles. The maximum atomic E-state index is 11.8. The zero-order valence-corrected chi connectivity index (χ0v) is 7.80. The highest BCUT2D eigenvalue weighted by Gasteiger charge is 2.00. The molecule has 1 heterocycles. The van der Waals surface area contributed by atoms with Crippen LogP contribution in [0.1, 0.15) is 5.69 Å². The molecule has 0 N–H and O–H groups in total. The quantitative estimate of drug-likeness (QED) is 0.735. The Hall–Kier alpha value is -0.130. The molecule has 0 atom stereocenters. The number of hydrogen-bond acceptors (Lipinski definition) is 1. The van der Waals surface area contributed by atoms with Crippen molar-refractivity contribution in [3.05, 3.63) is 15.5 Å². The van der Waals surface area contributed by atoms with E-state index < -0.39 is 0 Å². The second-order valence-electron chi connectivity index (χ2n) is 1.99. The van der Waals surface area contributed by atoms with Gasteiger partial charge in [-0.05, 0) is 29.5 Å². The lowest BCUT2D eigenvalue weighted by molar-refractivity contribution is 0.423. The first-order chi connectivity index (χ1) is 4.75. The van der Waals surface area contributed by atoms with E-state index in [0.29, 0.717) is 6.54 Å². The molecule has 10 heavy (non-hydrogen) atoms. The van der Waals surface area contributed by atoms with Gasteiger partial charge in [-0.2, -0.15) is 5.10 Å². The molecule has 0 aromatic carbocycles. The number of rotatable bonds is 2. The third-order valence-corrected chi connectivity index (χ3v) is 2.40. The Labute approximate surface area is 72.6 Å². The van der Waals surface area contributed by atoms with Gasteiger partial charge in [-0.3, -0.25) is 4.68 Å². The van der Waals surface area contributed by atoms with Gasteiger partial charge in [0, 0.05) is 5.69 Å². The van der Waals surface area contributed by atoms with Crippen LogP contribution in [0.15, 0.2) is 6.20 Å². The maximum Gasteiger partial charge on any atom is 0.109 e. The van der Waals surface area contributed by atoms with Gasteiger partial charge in [0.25, 0.3) is 0 Å². The molecule has 1 rings (SSSR count). The summed E-state index contributed by atoms with van der Waals surface area (Å²) in [5.74, 6) is 0. The Morgan fingerprint density at radius 2 is 2.50 bits per heavy atom. The van der Waals surface area contributed by atoms with Gasteiger partial charge in [0.05, 0.1) is 16.3 Å². The van der Waals surface area contributed by atoms with Crippen molar-refractivity contribution < 1.29 is 4.39 Å². The molecule has 4 heteroatoms. The summed E-state index contributed by atoms with van der Waals surface area (Å²) >= 11 is 2.18. The van der Waals surface area contributed by atoms with Gasteiger partial charge >= 0.3 is 0 Å². The SMILES string of the molecule is Cc1c(I)cnn1CCF. The first kappa shape index (κ1) is 7.97. The predicted octanol–water partition coefficient (Wildman–Crippen LogP) is 1.77. The van der Waals surface area contributed by atoms with E-state index in [9.17, 15) is 4.39 Å². The topological polar surface area (TPSA) is 17.8 Å². The summed E-state index contributed by atoms with van der Waals surface area (Å²) in [5, 5.41) is 3.97. The lowest BCUT2D eigenvalue weighted by atomic mass is 10.5. The second-order valence-corrected chi connectivity index (χ2v) is 3.15. The molecule has 0 aliphatic carbocycles. The van der Waals surface area contributed by atoms with Crippen LogP contribution in [-0.4, -0.2) is 16.5 Å². The molecule has 0 aliphatic rings. The van der Waals surface area contributed by atoms with Crippen LogP contribution in [0.4, 0.5) is 4.39 Å². The van der Waals surface area contributed by atoms with Crippen molar-refractivity contribution in [2.24, 2.45) is 0 Å². The highest BCUT2D eigenvalue weighted by Crippen LogP contribution is 2.08. The van der Waals surface area contributed by atoms with E-state index in [0.717, 1.165) is 9.26 Å². The van der Waals surface area contributed by atoms with Gasteiger partial charge in [-0.1, -0.05) is 0 Å². The molecule has 2 nitrogen and oxygen atoms in total. The van der Waals surface area contributed by atoms with E-state index in [1.165, 1.54) is 0 Å². The molecule has 0 spiro atoms. The van der Waals surface area contributed by atoms with Gasteiger partial charge in [0.2, 0.25) is 0 Å². The normalized spacial score (nSPS) is 10.3. The molecule has 0 fully saturated rings. The Balaban J connectivity index is 2.83. The van der Waals surface area contributed by atoms with Crippen LogP contribution in [-0.2, 0) is 6.54 Å². The number of hydrogen-bond donors (Lipinski definition) is 0. The molecule has 0 saturated carbocycles. The molecule has 0 unspecified atom stereocenters. The summed E-state index contributed by atoms with van der Waals surface area (Å²) in [6, 6.07) is 0. The third-order valence-electron chi connectivity index (χ3n) is 1.34. The van der Waals surface area contributed by atoms with Gasteiger partial charge in [0.15, 0.2) is 0 Å². The molecule has 0 aliphatic heterocycles. The highest BCUT2D eigenvalue weighted by atomic mass is 127. The minimum atomic E-state index is -0.349. The smallest absolute Gasteiger partial charge is 0.109 e. The number of alkyl halides is 1. The van der Waals surface area contributed by atoms with E-state index in [1.807, 2.05) is 6.92 Å². The van der Waals surface area contributed by atoms with E-state index >= 15 is 0 Å². The summed E-state index contributed by atoms with van der Waals surface area (Å²) in [4.78, 5) is 0. The van der Waals surface area contributed by atoms with E-state index in [1.54, 1.807) is 10.9 Å². The molecular weight excluding hydrogens is 246 g/mol. The first-order valence-corrected chi connectivity index (χ1v) is 4.07. The van der Waals surface area contributed by atoms with Gasteiger partial charge in [0.1, 0.15) is 6.67 Å². The average Bonchev–Trinajstić information content (AvgIpc) is 2.20. The zero-order valence-electron chi connectivity index (χ0n) is 5.64. The summed E-state index contributed by atoms with van der Waals surface area (Å²) in [6.07, 6.45) is 1.74. The minimum absolute atomic E-state index is 0.349. The average molecular weight is 254 g/mol. The lowest BCUT2D eigenvalue weighted by Gasteiger charge is -1.98. The fourth-order valence-electron chi connectivity index (χ4n) is 0.729. The fraction of sp³-hybridized carbons (Fsp3) is 0.500. The number of halogens is 2. The van der Waals surface area contributed by atoms with Crippen molar-refractivity contribution in [3.63, 3.8) is 0 Å². The van der Waals surface area contributed by atoms with Gasteiger partial charge in [-0.15, -0.1) is 0 Å². The Bertz CT molecular complexity index is 222. The lowest BCUT2D eigenvalue weighted by Crippen LogP contribution is -2.03. The largest absolute Gasteiger partial charge is 0.266 e. The monoisotopic (exact) mass is 254 g/mol. The molecule has 0 bridgehead atoms. The zero-order chi connectivity index (χ0) is 7.56. The molecule has 0 amide bonds. The molecule has 1 aromatic heterocycles. The van der Waals surface area contributed by atoms with Crippen LogP contribution in [0.2, 0.25) is 0 Å². The Morgan fingerprint density at radius 3 is 2.90 bits per heavy atom. The van der Waals surface area contributed by atoms with Gasteiger partial charge in [-0.25, -0.2) is 4.39 Å². The first-order valence-electron chi connectivity index (χ1n) is 2.99.